The highest BCUT2D eigenvalue weighted by atomic mass is 19.1. The number of rotatable bonds is 3. The molecule has 0 spiro atoms. The normalized spacial score (nSPS) is 20.8. The summed E-state index contributed by atoms with van der Waals surface area (Å²) in [6, 6.07) is 5.54. The van der Waals surface area contributed by atoms with Gasteiger partial charge in [-0.05, 0) is 17.7 Å². The quantitative estimate of drug-likeness (QED) is 0.851. The molecule has 0 bridgehead atoms. The first kappa shape index (κ1) is 11.4. The second-order valence-electron chi connectivity index (χ2n) is 3.77. The van der Waals surface area contributed by atoms with Gasteiger partial charge in [-0.25, -0.2) is 4.39 Å². The molecule has 0 aliphatic carbocycles. The van der Waals surface area contributed by atoms with Crippen LogP contribution in [0.5, 0.6) is 5.75 Å². The highest BCUT2D eigenvalue weighted by Crippen LogP contribution is 2.26. The van der Waals surface area contributed by atoms with Crippen LogP contribution >= 0.6 is 0 Å². The highest BCUT2D eigenvalue weighted by molar-refractivity contribution is 5.37. The van der Waals surface area contributed by atoms with Gasteiger partial charge in [-0.2, -0.15) is 0 Å². The van der Waals surface area contributed by atoms with Crippen LogP contribution in [0.15, 0.2) is 18.2 Å². The van der Waals surface area contributed by atoms with Gasteiger partial charge in [0.1, 0.15) is 12.4 Å². The predicted octanol–water partition coefficient (Wildman–Crippen LogP) is 1.83. The smallest absolute Gasteiger partial charge is 0.124 e. The molecule has 1 aliphatic rings. The van der Waals surface area contributed by atoms with Gasteiger partial charge >= 0.3 is 0 Å². The lowest BCUT2D eigenvalue weighted by Gasteiger charge is -2.24. The second kappa shape index (κ2) is 5.27. The van der Waals surface area contributed by atoms with Gasteiger partial charge in [-0.1, -0.05) is 6.07 Å². The molecule has 4 heteroatoms. The van der Waals surface area contributed by atoms with Crippen LogP contribution in [0.1, 0.15) is 17.2 Å². The fourth-order valence-corrected chi connectivity index (χ4v) is 1.88. The van der Waals surface area contributed by atoms with Crippen molar-refractivity contribution >= 4 is 0 Å². The summed E-state index contributed by atoms with van der Waals surface area (Å²) in [6.45, 7) is 1.83. The Bertz CT molecular complexity index is 351. The SMILES string of the molecule is COc1ccc(C2CNCCO2)cc1CF. The lowest BCUT2D eigenvalue weighted by atomic mass is 10.0. The van der Waals surface area contributed by atoms with Gasteiger partial charge < -0.3 is 14.8 Å². The molecule has 1 aliphatic heterocycles. The number of methoxy groups -OCH3 is 1. The lowest BCUT2D eigenvalue weighted by Crippen LogP contribution is -2.33. The van der Waals surface area contributed by atoms with E-state index in [1.165, 1.54) is 0 Å². The predicted molar refractivity (Wildman–Crippen MR) is 59.4 cm³/mol. The van der Waals surface area contributed by atoms with E-state index in [4.69, 9.17) is 9.47 Å². The first-order valence-corrected chi connectivity index (χ1v) is 5.40. The van der Waals surface area contributed by atoms with E-state index in [0.29, 0.717) is 17.9 Å². The van der Waals surface area contributed by atoms with Crippen molar-refractivity contribution in [2.24, 2.45) is 0 Å². The fraction of sp³-hybridized carbons (Fsp3) is 0.500. The van der Waals surface area contributed by atoms with Crippen LogP contribution in [0.25, 0.3) is 0 Å². The number of nitrogens with one attached hydrogen (secondary N) is 1. The number of alkyl halides is 1. The number of morpholine rings is 1. The largest absolute Gasteiger partial charge is 0.496 e. The van der Waals surface area contributed by atoms with E-state index in [9.17, 15) is 4.39 Å². The van der Waals surface area contributed by atoms with E-state index in [1.54, 1.807) is 13.2 Å². The molecule has 0 amide bonds. The summed E-state index contributed by atoms with van der Waals surface area (Å²) in [5, 5.41) is 3.25. The number of hydrogen-bond acceptors (Lipinski definition) is 3. The van der Waals surface area contributed by atoms with Crippen LogP contribution in [0.4, 0.5) is 4.39 Å². The zero-order chi connectivity index (χ0) is 11.4. The van der Waals surface area contributed by atoms with Gasteiger partial charge in [0.15, 0.2) is 0 Å². The van der Waals surface area contributed by atoms with Crippen molar-refractivity contribution in [3.8, 4) is 5.75 Å². The van der Waals surface area contributed by atoms with Crippen molar-refractivity contribution in [2.75, 3.05) is 26.8 Å². The molecule has 0 aromatic heterocycles. The summed E-state index contributed by atoms with van der Waals surface area (Å²) in [7, 11) is 1.55. The minimum Gasteiger partial charge on any atom is -0.496 e. The van der Waals surface area contributed by atoms with Crippen molar-refractivity contribution in [2.45, 2.75) is 12.8 Å². The number of benzene rings is 1. The van der Waals surface area contributed by atoms with E-state index < -0.39 is 6.67 Å². The first-order chi connectivity index (χ1) is 7.85. The van der Waals surface area contributed by atoms with Gasteiger partial charge in [0, 0.05) is 18.7 Å². The molecule has 1 saturated heterocycles. The summed E-state index contributed by atoms with van der Waals surface area (Å²) in [6.07, 6.45) is 0.0185. The zero-order valence-corrected chi connectivity index (χ0v) is 9.33. The van der Waals surface area contributed by atoms with Crippen LogP contribution < -0.4 is 10.1 Å². The fourth-order valence-electron chi connectivity index (χ4n) is 1.88. The average Bonchev–Trinajstić information content (AvgIpc) is 2.39. The Labute approximate surface area is 94.6 Å². The lowest BCUT2D eigenvalue weighted by molar-refractivity contribution is 0.0276. The van der Waals surface area contributed by atoms with Gasteiger partial charge in [-0.3, -0.25) is 0 Å². The molecule has 88 valence electrons. The minimum absolute atomic E-state index is 0.0185. The van der Waals surface area contributed by atoms with Crippen molar-refractivity contribution < 1.29 is 13.9 Å². The molecule has 1 heterocycles. The number of ether oxygens (including phenoxy) is 2. The van der Waals surface area contributed by atoms with Crippen LogP contribution in [-0.4, -0.2) is 26.8 Å². The van der Waals surface area contributed by atoms with Gasteiger partial charge in [0.05, 0.1) is 19.8 Å². The molecule has 3 nitrogen and oxygen atoms in total. The Morgan fingerprint density at radius 2 is 2.44 bits per heavy atom. The van der Waals surface area contributed by atoms with Crippen LogP contribution in [0, 0.1) is 0 Å². The maximum Gasteiger partial charge on any atom is 0.124 e. The molecule has 0 saturated carbocycles. The molecule has 1 atom stereocenters. The standard InChI is InChI=1S/C12H16FNO2/c1-15-11-3-2-9(6-10(11)7-13)12-8-14-4-5-16-12/h2-3,6,12,14H,4-5,7-8H2,1H3. The Kier molecular flexibility index (Phi) is 3.74. The molecule has 1 aromatic rings. The summed E-state index contributed by atoms with van der Waals surface area (Å²) >= 11 is 0. The van der Waals surface area contributed by atoms with Crippen LogP contribution in [0.2, 0.25) is 0 Å². The molecule has 2 rings (SSSR count). The summed E-state index contributed by atoms with van der Waals surface area (Å²) in [5.74, 6) is 0.593. The zero-order valence-electron chi connectivity index (χ0n) is 9.33. The topological polar surface area (TPSA) is 30.5 Å². The van der Waals surface area contributed by atoms with Crippen LogP contribution in [0.3, 0.4) is 0 Å². The van der Waals surface area contributed by atoms with E-state index in [2.05, 4.69) is 5.32 Å². The van der Waals surface area contributed by atoms with Crippen molar-refractivity contribution in [1.29, 1.82) is 0 Å². The molecule has 1 unspecified atom stereocenters. The second-order valence-corrected chi connectivity index (χ2v) is 3.77. The van der Waals surface area contributed by atoms with E-state index in [1.807, 2.05) is 12.1 Å². The van der Waals surface area contributed by atoms with Crippen LogP contribution in [-0.2, 0) is 11.4 Å². The molecular formula is C12H16FNO2. The summed E-state index contributed by atoms with van der Waals surface area (Å²) < 4.78 is 23.5. The van der Waals surface area contributed by atoms with Gasteiger partial charge in [0.2, 0.25) is 0 Å². The average molecular weight is 225 g/mol. The number of halogens is 1. The molecular weight excluding hydrogens is 209 g/mol. The minimum atomic E-state index is -0.517. The van der Waals surface area contributed by atoms with E-state index in [0.717, 1.165) is 18.7 Å². The van der Waals surface area contributed by atoms with Crippen molar-refractivity contribution in [1.82, 2.24) is 5.32 Å². The Balaban J connectivity index is 2.20. The van der Waals surface area contributed by atoms with Gasteiger partial charge in [-0.15, -0.1) is 0 Å². The molecule has 1 fully saturated rings. The number of hydrogen-bond donors (Lipinski definition) is 1. The Morgan fingerprint density at radius 3 is 3.06 bits per heavy atom. The van der Waals surface area contributed by atoms with Crippen molar-refractivity contribution in [3.63, 3.8) is 0 Å². The monoisotopic (exact) mass is 225 g/mol. The third kappa shape index (κ3) is 2.33. The third-order valence-electron chi connectivity index (χ3n) is 2.75. The Hall–Kier alpha value is -1.13. The van der Waals surface area contributed by atoms with Gasteiger partial charge in [0.25, 0.3) is 0 Å². The molecule has 1 N–H and O–H groups in total. The molecule has 0 radical (unpaired) electrons. The molecule has 1 aromatic carbocycles. The Morgan fingerprint density at radius 1 is 1.56 bits per heavy atom. The van der Waals surface area contributed by atoms with Crippen molar-refractivity contribution in [3.05, 3.63) is 29.3 Å². The summed E-state index contributed by atoms with van der Waals surface area (Å²) in [5.41, 5.74) is 1.58. The maximum absolute atomic E-state index is 12.8. The first-order valence-electron chi connectivity index (χ1n) is 5.40. The highest BCUT2D eigenvalue weighted by Gasteiger charge is 2.17. The summed E-state index contributed by atoms with van der Waals surface area (Å²) in [4.78, 5) is 0. The van der Waals surface area contributed by atoms with E-state index in [-0.39, 0.29) is 6.10 Å². The maximum atomic E-state index is 12.8. The molecule has 16 heavy (non-hydrogen) atoms. The van der Waals surface area contributed by atoms with E-state index >= 15 is 0 Å². The third-order valence-corrected chi connectivity index (χ3v) is 2.75.